The topological polar surface area (TPSA) is 50.7 Å². The van der Waals surface area contributed by atoms with Crippen molar-refractivity contribution in [3.8, 4) is 0 Å². The van der Waals surface area contributed by atoms with Crippen molar-refractivity contribution >= 4 is 5.69 Å². The van der Waals surface area contributed by atoms with Gasteiger partial charge in [-0.3, -0.25) is 0 Å². The summed E-state index contributed by atoms with van der Waals surface area (Å²) >= 11 is 0. The van der Waals surface area contributed by atoms with Crippen molar-refractivity contribution in [3.63, 3.8) is 0 Å². The van der Waals surface area contributed by atoms with E-state index in [-0.39, 0.29) is 5.69 Å². The van der Waals surface area contributed by atoms with Gasteiger partial charge in [-0.05, 0) is 18.2 Å². The molecule has 80 valence electrons. The Hall–Kier alpha value is -1.66. The minimum Gasteiger partial charge on any atom is -0.399 e. The lowest BCUT2D eigenvalue weighted by atomic mass is 10.0. The van der Waals surface area contributed by atoms with Gasteiger partial charge < -0.3 is 5.73 Å². The number of halogens is 4. The van der Waals surface area contributed by atoms with Crippen molar-refractivity contribution < 1.29 is 17.6 Å². The highest BCUT2D eigenvalue weighted by Gasteiger charge is 2.66. The van der Waals surface area contributed by atoms with Crippen LogP contribution in [0.1, 0.15) is 5.56 Å². The van der Waals surface area contributed by atoms with Crippen LogP contribution >= 0.6 is 0 Å². The molecule has 1 aromatic carbocycles. The molecule has 1 heterocycles. The predicted molar refractivity (Wildman–Crippen MR) is 43.4 cm³/mol. The largest absolute Gasteiger partial charge is 0.442 e. The van der Waals surface area contributed by atoms with Gasteiger partial charge in [0.15, 0.2) is 0 Å². The molecule has 0 bridgehead atoms. The fourth-order valence-electron chi connectivity index (χ4n) is 1.23. The minimum atomic E-state index is -4.73. The van der Waals surface area contributed by atoms with E-state index in [1.54, 1.807) is 0 Å². The Morgan fingerprint density at radius 3 is 2.27 bits per heavy atom. The summed E-state index contributed by atoms with van der Waals surface area (Å²) in [5, 5.41) is 5.76. The molecule has 0 spiro atoms. The van der Waals surface area contributed by atoms with Crippen LogP contribution in [-0.2, 0) is 5.66 Å². The third-order valence-electron chi connectivity index (χ3n) is 2.06. The summed E-state index contributed by atoms with van der Waals surface area (Å²) in [5.41, 5.74) is 1.91. The van der Waals surface area contributed by atoms with E-state index in [0.29, 0.717) is 0 Å². The summed E-state index contributed by atoms with van der Waals surface area (Å²) in [4.78, 5) is 0. The van der Waals surface area contributed by atoms with Crippen LogP contribution in [-0.4, -0.2) is 6.18 Å². The molecule has 7 heteroatoms. The van der Waals surface area contributed by atoms with Gasteiger partial charge in [0, 0.05) is 5.69 Å². The van der Waals surface area contributed by atoms with E-state index in [4.69, 9.17) is 5.73 Å². The zero-order valence-electron chi connectivity index (χ0n) is 7.22. The molecule has 0 amide bonds. The van der Waals surface area contributed by atoms with Crippen molar-refractivity contribution in [3.05, 3.63) is 29.6 Å². The van der Waals surface area contributed by atoms with Crippen molar-refractivity contribution in [2.75, 3.05) is 5.73 Å². The van der Waals surface area contributed by atoms with Crippen LogP contribution in [0.25, 0.3) is 0 Å². The molecule has 0 aromatic heterocycles. The van der Waals surface area contributed by atoms with Crippen LogP contribution in [0.2, 0.25) is 0 Å². The molecule has 1 aromatic rings. The summed E-state index contributed by atoms with van der Waals surface area (Å²) in [6.45, 7) is 0. The molecule has 0 atom stereocenters. The lowest BCUT2D eigenvalue weighted by Gasteiger charge is -2.15. The van der Waals surface area contributed by atoms with Gasteiger partial charge in [-0.2, -0.15) is 13.2 Å². The monoisotopic (exact) mass is 219 g/mol. The normalized spacial score (nSPS) is 17.9. The number of anilines is 1. The first-order valence-electron chi connectivity index (χ1n) is 3.93. The van der Waals surface area contributed by atoms with Gasteiger partial charge in [-0.15, -0.1) is 10.2 Å². The molecule has 15 heavy (non-hydrogen) atoms. The lowest BCUT2D eigenvalue weighted by Crippen LogP contribution is -2.31. The van der Waals surface area contributed by atoms with Gasteiger partial charge in [0.25, 0.3) is 0 Å². The quantitative estimate of drug-likeness (QED) is 0.572. The molecule has 0 saturated heterocycles. The van der Waals surface area contributed by atoms with Crippen molar-refractivity contribution in [1.82, 2.24) is 0 Å². The predicted octanol–water partition coefficient (Wildman–Crippen LogP) is 2.59. The number of benzene rings is 1. The van der Waals surface area contributed by atoms with Gasteiger partial charge in [0.2, 0.25) is 0 Å². The summed E-state index contributed by atoms with van der Waals surface area (Å²) < 4.78 is 50.7. The standard InChI is InChI=1S/C8H5F4N3/c9-6-2-1-4(13)3-5(6)7(14-15-7)8(10,11)12/h1-3H,13H2. The maximum Gasteiger partial charge on any atom is 0.442 e. The number of nitrogens with zero attached hydrogens (tertiary/aromatic N) is 2. The van der Waals surface area contributed by atoms with Crippen LogP contribution in [0, 0.1) is 5.82 Å². The fraction of sp³-hybridized carbons (Fsp3) is 0.250. The van der Waals surface area contributed by atoms with Gasteiger partial charge in [0.1, 0.15) is 5.82 Å². The highest BCUT2D eigenvalue weighted by atomic mass is 19.4. The SMILES string of the molecule is Nc1ccc(F)c(C2(C(F)(F)F)N=N2)c1. The Balaban J connectivity index is 2.51. The fourth-order valence-corrected chi connectivity index (χ4v) is 1.23. The van der Waals surface area contributed by atoms with Gasteiger partial charge in [0.05, 0.1) is 5.56 Å². The van der Waals surface area contributed by atoms with Crippen molar-refractivity contribution in [1.29, 1.82) is 0 Å². The number of rotatable bonds is 1. The summed E-state index contributed by atoms with van der Waals surface area (Å²) in [7, 11) is 0. The molecule has 0 aliphatic carbocycles. The van der Waals surface area contributed by atoms with Crippen LogP contribution in [0.4, 0.5) is 23.2 Å². The Labute approximate surface area is 81.6 Å². The summed E-state index contributed by atoms with van der Waals surface area (Å²) in [6, 6.07) is 2.93. The smallest absolute Gasteiger partial charge is 0.399 e. The molecule has 1 aliphatic heterocycles. The van der Waals surface area contributed by atoms with E-state index in [9.17, 15) is 17.6 Å². The van der Waals surface area contributed by atoms with Crippen LogP contribution < -0.4 is 5.73 Å². The molecule has 3 nitrogen and oxygen atoms in total. The number of hydrogen-bond acceptors (Lipinski definition) is 3. The Morgan fingerprint density at radius 2 is 1.80 bits per heavy atom. The van der Waals surface area contributed by atoms with E-state index < -0.39 is 23.2 Å². The molecule has 0 fully saturated rings. The number of nitrogen functional groups attached to an aromatic ring is 1. The van der Waals surface area contributed by atoms with E-state index in [1.807, 2.05) is 0 Å². The van der Waals surface area contributed by atoms with E-state index >= 15 is 0 Å². The van der Waals surface area contributed by atoms with Crippen molar-refractivity contribution in [2.45, 2.75) is 11.8 Å². The zero-order valence-corrected chi connectivity index (χ0v) is 7.22. The third kappa shape index (κ3) is 1.34. The van der Waals surface area contributed by atoms with Crippen molar-refractivity contribution in [2.24, 2.45) is 10.2 Å². The maximum absolute atomic E-state index is 13.2. The minimum absolute atomic E-state index is 0.0346. The molecule has 2 N–H and O–H groups in total. The highest BCUT2D eigenvalue weighted by Crippen LogP contribution is 2.53. The van der Waals surface area contributed by atoms with Crippen LogP contribution in [0.5, 0.6) is 0 Å². The van der Waals surface area contributed by atoms with Crippen LogP contribution in [0.15, 0.2) is 28.4 Å². The molecule has 0 saturated carbocycles. The molecule has 0 radical (unpaired) electrons. The second-order valence-electron chi connectivity index (χ2n) is 3.11. The Bertz CT molecular complexity index is 432. The van der Waals surface area contributed by atoms with E-state index in [2.05, 4.69) is 10.2 Å². The van der Waals surface area contributed by atoms with E-state index in [0.717, 1.165) is 12.1 Å². The third-order valence-corrected chi connectivity index (χ3v) is 2.06. The Kier molecular flexibility index (Phi) is 1.76. The van der Waals surface area contributed by atoms with E-state index in [1.165, 1.54) is 6.07 Å². The molecule has 0 unspecified atom stereocenters. The number of alkyl halides is 3. The maximum atomic E-state index is 13.2. The molecule has 1 aliphatic rings. The van der Waals surface area contributed by atoms with Crippen LogP contribution in [0.3, 0.4) is 0 Å². The first kappa shape index (κ1) is 9.88. The van der Waals surface area contributed by atoms with Gasteiger partial charge >= 0.3 is 11.8 Å². The Morgan fingerprint density at radius 1 is 1.20 bits per heavy atom. The average molecular weight is 219 g/mol. The zero-order chi connectivity index (χ0) is 11.3. The first-order valence-corrected chi connectivity index (χ1v) is 3.93. The molecule has 2 rings (SSSR count). The molecular weight excluding hydrogens is 214 g/mol. The first-order chi connectivity index (χ1) is 6.87. The van der Waals surface area contributed by atoms with Gasteiger partial charge in [-0.25, -0.2) is 4.39 Å². The highest BCUT2D eigenvalue weighted by molar-refractivity contribution is 5.45. The summed E-state index contributed by atoms with van der Waals surface area (Å²) in [5.74, 6) is -1.02. The lowest BCUT2D eigenvalue weighted by molar-refractivity contribution is -0.166. The summed E-state index contributed by atoms with van der Waals surface area (Å²) in [6.07, 6.45) is -4.73. The number of hydrogen-bond donors (Lipinski definition) is 1. The molecular formula is C8H5F4N3. The second-order valence-corrected chi connectivity index (χ2v) is 3.11. The van der Waals surface area contributed by atoms with Gasteiger partial charge in [-0.1, -0.05) is 0 Å². The number of nitrogens with two attached hydrogens (primary N) is 1. The second kappa shape index (κ2) is 2.68. The average Bonchev–Trinajstić information content (AvgIpc) is 2.88.